The van der Waals surface area contributed by atoms with Crippen LogP contribution < -0.4 is 15.8 Å². The molecule has 1 amide bonds. The molecule has 35 heavy (non-hydrogen) atoms. The van der Waals surface area contributed by atoms with E-state index in [1.165, 1.54) is 35.0 Å². The van der Waals surface area contributed by atoms with Crippen LogP contribution in [0.15, 0.2) is 48.7 Å². The van der Waals surface area contributed by atoms with Crippen molar-refractivity contribution in [2.75, 3.05) is 11.9 Å². The number of amides is 1. The third-order valence-corrected chi connectivity index (χ3v) is 5.09. The van der Waals surface area contributed by atoms with Crippen LogP contribution >= 0.6 is 0 Å². The predicted octanol–water partition coefficient (Wildman–Crippen LogP) is 5.24. The first kappa shape index (κ1) is 23.9. The van der Waals surface area contributed by atoms with E-state index in [9.17, 15) is 26.7 Å². The predicted molar refractivity (Wildman–Crippen MR) is 117 cm³/mol. The summed E-state index contributed by atoms with van der Waals surface area (Å²) < 4.78 is 72.5. The minimum absolute atomic E-state index is 0.132. The molecule has 182 valence electrons. The van der Waals surface area contributed by atoms with Gasteiger partial charge in [0.15, 0.2) is 17.2 Å². The summed E-state index contributed by atoms with van der Waals surface area (Å²) >= 11 is 0. The highest BCUT2D eigenvalue weighted by atomic mass is 19.4. The fourth-order valence-electron chi connectivity index (χ4n) is 3.44. The Hall–Kier alpha value is -4.22. The average Bonchev–Trinajstić information content (AvgIpc) is 3.20. The third-order valence-electron chi connectivity index (χ3n) is 5.09. The lowest BCUT2D eigenvalue weighted by molar-refractivity contribution is -0.131. The number of anilines is 1. The summed E-state index contributed by atoms with van der Waals surface area (Å²) in [6.07, 6.45) is -4.07. The van der Waals surface area contributed by atoms with Gasteiger partial charge in [-0.3, -0.25) is 4.79 Å². The van der Waals surface area contributed by atoms with E-state index in [0.717, 1.165) is 6.07 Å². The maximum atomic E-state index is 14.1. The molecule has 2 heterocycles. The molecular weight excluding hydrogens is 473 g/mol. The largest absolute Gasteiger partial charge is 0.434 e. The van der Waals surface area contributed by atoms with Crippen LogP contribution in [0.5, 0.6) is 11.6 Å². The number of halogens is 5. The lowest BCUT2D eigenvalue weighted by Crippen LogP contribution is -2.15. The van der Waals surface area contributed by atoms with E-state index in [1.807, 2.05) is 0 Å². The zero-order chi connectivity index (χ0) is 25.3. The Bertz CT molecular complexity index is 1420. The molecule has 4 aromatic rings. The number of fused-ring (bicyclic) bond motifs is 1. The van der Waals surface area contributed by atoms with Gasteiger partial charge in [-0.05, 0) is 36.8 Å². The van der Waals surface area contributed by atoms with Crippen LogP contribution in [-0.2, 0) is 0 Å². The van der Waals surface area contributed by atoms with Gasteiger partial charge in [-0.1, -0.05) is 12.1 Å². The lowest BCUT2D eigenvalue weighted by Gasteiger charge is -2.13. The number of carbonyl (C=O) groups excluding carboxylic acids is 1. The van der Waals surface area contributed by atoms with Crippen LogP contribution in [0.2, 0.25) is 0 Å². The Labute approximate surface area is 195 Å². The molecule has 0 saturated carbocycles. The summed E-state index contributed by atoms with van der Waals surface area (Å²) in [5.74, 6) is -3.66. The molecule has 4 rings (SSSR count). The molecule has 0 aliphatic rings. The van der Waals surface area contributed by atoms with Gasteiger partial charge in [-0.25, -0.2) is 13.9 Å². The lowest BCUT2D eigenvalue weighted by atomic mass is 10.0. The van der Waals surface area contributed by atoms with Crippen LogP contribution in [0.4, 0.5) is 27.6 Å². The minimum Gasteiger partial charge on any atom is -0.434 e. The van der Waals surface area contributed by atoms with Gasteiger partial charge in [0, 0.05) is 23.7 Å². The van der Waals surface area contributed by atoms with Gasteiger partial charge in [0.2, 0.25) is 17.6 Å². The van der Waals surface area contributed by atoms with E-state index in [1.54, 1.807) is 19.1 Å². The molecule has 7 nitrogen and oxygen atoms in total. The maximum Gasteiger partial charge on any atom is 0.390 e. The minimum atomic E-state index is -4.39. The summed E-state index contributed by atoms with van der Waals surface area (Å²) in [6.45, 7) is 1.22. The van der Waals surface area contributed by atoms with Crippen molar-refractivity contribution in [2.45, 2.75) is 19.5 Å². The summed E-state index contributed by atoms with van der Waals surface area (Å²) in [5.41, 5.74) is 7.54. The molecule has 0 atom stereocenters. The molecule has 3 N–H and O–H groups in total. The van der Waals surface area contributed by atoms with Crippen molar-refractivity contribution in [3.63, 3.8) is 0 Å². The molecule has 2 aromatic heterocycles. The second-order valence-corrected chi connectivity index (χ2v) is 7.62. The van der Waals surface area contributed by atoms with E-state index < -0.39 is 42.4 Å². The normalized spacial score (nSPS) is 11.6. The molecule has 12 heteroatoms. The summed E-state index contributed by atoms with van der Waals surface area (Å²) in [7, 11) is 0. The van der Waals surface area contributed by atoms with E-state index in [0.29, 0.717) is 22.4 Å². The SMILES string of the molecule is Cc1cc(-c2cnc3c(NCCC(F)(F)F)cc(Oc4cccc(F)c4F)nn23)ccc1C(N)=O. The maximum absolute atomic E-state index is 14.1. The van der Waals surface area contributed by atoms with Crippen molar-refractivity contribution in [2.24, 2.45) is 5.73 Å². The standard InChI is InChI=1S/C23H18F5N5O2/c1-12-9-13(5-6-14(12)21(29)34)17-11-31-22-16(30-8-7-23(26,27)28)10-19(32-33(17)22)35-18-4-2-3-15(24)20(18)25/h2-6,9-11,30H,7-8H2,1H3,(H2,29,34). The second kappa shape index (κ2) is 9.20. The Morgan fingerprint density at radius 2 is 1.94 bits per heavy atom. The van der Waals surface area contributed by atoms with Crippen molar-refractivity contribution >= 4 is 17.2 Å². The summed E-state index contributed by atoms with van der Waals surface area (Å²) in [6, 6.07) is 9.37. The first-order chi connectivity index (χ1) is 16.5. The highest BCUT2D eigenvalue weighted by Gasteiger charge is 2.26. The number of hydrogen-bond donors (Lipinski definition) is 2. The van der Waals surface area contributed by atoms with Crippen molar-refractivity contribution in [3.8, 4) is 22.9 Å². The van der Waals surface area contributed by atoms with Gasteiger partial charge < -0.3 is 15.8 Å². The van der Waals surface area contributed by atoms with Crippen LogP contribution in [0, 0.1) is 18.6 Å². The van der Waals surface area contributed by atoms with Gasteiger partial charge in [-0.2, -0.15) is 17.6 Å². The molecule has 0 unspecified atom stereocenters. The number of imidazole rings is 1. The Kier molecular flexibility index (Phi) is 6.29. The van der Waals surface area contributed by atoms with Crippen molar-refractivity contribution in [1.82, 2.24) is 14.6 Å². The molecule has 0 bridgehead atoms. The van der Waals surface area contributed by atoms with Gasteiger partial charge in [0.05, 0.1) is 24.0 Å². The van der Waals surface area contributed by atoms with Gasteiger partial charge in [-0.15, -0.1) is 5.10 Å². The van der Waals surface area contributed by atoms with E-state index >= 15 is 0 Å². The van der Waals surface area contributed by atoms with E-state index in [-0.39, 0.29) is 17.2 Å². The van der Waals surface area contributed by atoms with Crippen LogP contribution in [0.1, 0.15) is 22.3 Å². The first-order valence-corrected chi connectivity index (χ1v) is 10.3. The average molecular weight is 491 g/mol. The van der Waals surface area contributed by atoms with Crippen molar-refractivity contribution in [1.29, 1.82) is 0 Å². The zero-order valence-electron chi connectivity index (χ0n) is 18.2. The number of nitrogens with one attached hydrogen (secondary N) is 1. The van der Waals surface area contributed by atoms with Gasteiger partial charge >= 0.3 is 6.18 Å². The number of ether oxygens (including phenoxy) is 1. The summed E-state index contributed by atoms with van der Waals surface area (Å²) in [4.78, 5) is 15.8. The smallest absolute Gasteiger partial charge is 0.390 e. The van der Waals surface area contributed by atoms with E-state index in [4.69, 9.17) is 10.5 Å². The van der Waals surface area contributed by atoms with Gasteiger partial charge in [0.1, 0.15) is 0 Å². The third kappa shape index (κ3) is 5.15. The van der Waals surface area contributed by atoms with Gasteiger partial charge in [0.25, 0.3) is 0 Å². The molecule has 2 aromatic carbocycles. The Balaban J connectivity index is 1.80. The highest BCUT2D eigenvalue weighted by molar-refractivity contribution is 5.94. The van der Waals surface area contributed by atoms with Crippen molar-refractivity contribution < 1.29 is 31.5 Å². The monoisotopic (exact) mass is 491 g/mol. The molecule has 0 radical (unpaired) electrons. The number of aromatic nitrogens is 3. The van der Waals surface area contributed by atoms with Crippen molar-refractivity contribution in [3.05, 3.63) is 71.4 Å². The number of nitrogens with two attached hydrogens (primary N) is 1. The second-order valence-electron chi connectivity index (χ2n) is 7.62. The Morgan fingerprint density at radius 3 is 2.63 bits per heavy atom. The van der Waals surface area contributed by atoms with Crippen LogP contribution in [0.25, 0.3) is 16.9 Å². The molecular formula is C23H18F5N5O2. The topological polar surface area (TPSA) is 94.5 Å². The molecule has 0 aliphatic heterocycles. The number of rotatable bonds is 7. The van der Waals surface area contributed by atoms with E-state index in [2.05, 4.69) is 15.4 Å². The number of primary amides is 1. The fourth-order valence-corrected chi connectivity index (χ4v) is 3.44. The molecule has 0 spiro atoms. The molecule has 0 saturated heterocycles. The van der Waals surface area contributed by atoms with Crippen LogP contribution in [0.3, 0.4) is 0 Å². The molecule has 0 fully saturated rings. The quantitative estimate of drug-likeness (QED) is 0.345. The van der Waals surface area contributed by atoms with Crippen LogP contribution in [-0.4, -0.2) is 33.2 Å². The summed E-state index contributed by atoms with van der Waals surface area (Å²) in [5, 5.41) is 6.92. The Morgan fingerprint density at radius 1 is 1.17 bits per heavy atom. The number of aryl methyl sites for hydroxylation is 1. The fraction of sp³-hybridized carbons (Fsp3) is 0.174. The highest BCUT2D eigenvalue weighted by Crippen LogP contribution is 2.31. The zero-order valence-corrected chi connectivity index (χ0v) is 18.2. The molecule has 0 aliphatic carbocycles. The number of carbonyl (C=O) groups is 1. The first-order valence-electron chi connectivity index (χ1n) is 10.3. The number of nitrogens with zero attached hydrogens (tertiary/aromatic N) is 3. The number of benzene rings is 2. The number of hydrogen-bond acceptors (Lipinski definition) is 5. The number of alkyl halides is 3.